The van der Waals surface area contributed by atoms with Crippen molar-refractivity contribution < 1.29 is 9.47 Å². The highest BCUT2D eigenvalue weighted by Crippen LogP contribution is 2.32. The van der Waals surface area contributed by atoms with Gasteiger partial charge in [-0.25, -0.2) is 0 Å². The summed E-state index contributed by atoms with van der Waals surface area (Å²) in [5.41, 5.74) is 7.39. The highest BCUT2D eigenvalue weighted by Gasteiger charge is 2.32. The first-order chi connectivity index (χ1) is 9.60. The quantitative estimate of drug-likeness (QED) is 0.877. The van der Waals surface area contributed by atoms with E-state index in [1.54, 1.807) is 7.11 Å². The summed E-state index contributed by atoms with van der Waals surface area (Å²) in [7, 11) is 1.67. The molecular weight excluding hydrogens is 288 g/mol. The molecule has 0 saturated carbocycles. The molecule has 4 nitrogen and oxygen atoms in total. The molecule has 1 unspecified atom stereocenters. The molecule has 1 aliphatic heterocycles. The maximum absolute atomic E-state index is 5.86. The van der Waals surface area contributed by atoms with Crippen LogP contribution in [0.5, 0.6) is 11.5 Å². The van der Waals surface area contributed by atoms with E-state index in [9.17, 15) is 0 Å². The summed E-state index contributed by atoms with van der Waals surface area (Å²) in [4.78, 5) is 2.46. The Labute approximate surface area is 134 Å². The fraction of sp³-hybridized carbons (Fsp3) is 0.625. The second-order valence-electron chi connectivity index (χ2n) is 5.89. The third kappa shape index (κ3) is 4.50. The summed E-state index contributed by atoms with van der Waals surface area (Å²) >= 11 is 0. The van der Waals surface area contributed by atoms with E-state index in [2.05, 4.69) is 24.0 Å². The number of halogens is 1. The number of benzene rings is 1. The van der Waals surface area contributed by atoms with Gasteiger partial charge in [0.05, 0.1) is 13.7 Å². The van der Waals surface area contributed by atoms with Gasteiger partial charge in [-0.1, -0.05) is 13.0 Å². The molecule has 1 aliphatic rings. The van der Waals surface area contributed by atoms with Crippen LogP contribution in [0, 0.1) is 5.41 Å². The maximum Gasteiger partial charge on any atom is 0.161 e. The molecule has 0 bridgehead atoms. The van der Waals surface area contributed by atoms with Crippen molar-refractivity contribution in [1.29, 1.82) is 0 Å². The van der Waals surface area contributed by atoms with Crippen LogP contribution in [0.15, 0.2) is 18.2 Å². The molecule has 1 heterocycles. The zero-order valence-corrected chi connectivity index (χ0v) is 14.0. The van der Waals surface area contributed by atoms with Gasteiger partial charge in [0.15, 0.2) is 11.5 Å². The lowest BCUT2D eigenvalue weighted by molar-refractivity contribution is 0.273. The molecule has 2 N–H and O–H groups in total. The fourth-order valence-electron chi connectivity index (χ4n) is 2.77. The lowest BCUT2D eigenvalue weighted by atomic mass is 9.90. The molecule has 0 amide bonds. The first kappa shape index (κ1) is 18.1. The van der Waals surface area contributed by atoms with Crippen molar-refractivity contribution in [2.75, 3.05) is 33.4 Å². The monoisotopic (exact) mass is 314 g/mol. The van der Waals surface area contributed by atoms with Crippen LogP contribution in [0.3, 0.4) is 0 Å². The topological polar surface area (TPSA) is 47.7 Å². The van der Waals surface area contributed by atoms with Gasteiger partial charge in [-0.3, -0.25) is 4.90 Å². The van der Waals surface area contributed by atoms with E-state index in [0.29, 0.717) is 6.61 Å². The van der Waals surface area contributed by atoms with Crippen LogP contribution in [-0.4, -0.2) is 38.3 Å². The molecule has 0 spiro atoms. The van der Waals surface area contributed by atoms with Crippen LogP contribution in [0.2, 0.25) is 0 Å². The highest BCUT2D eigenvalue weighted by atomic mass is 35.5. The number of rotatable bonds is 6. The minimum Gasteiger partial charge on any atom is -0.493 e. The van der Waals surface area contributed by atoms with Crippen LogP contribution in [0.1, 0.15) is 25.8 Å². The third-order valence-corrected chi connectivity index (χ3v) is 4.06. The fourth-order valence-corrected chi connectivity index (χ4v) is 2.77. The van der Waals surface area contributed by atoms with E-state index >= 15 is 0 Å². The largest absolute Gasteiger partial charge is 0.493 e. The average molecular weight is 315 g/mol. The summed E-state index contributed by atoms with van der Waals surface area (Å²) in [5, 5.41) is 0. The number of likely N-dealkylation sites (tertiary alicyclic amines) is 1. The summed E-state index contributed by atoms with van der Waals surface area (Å²) in [6.45, 7) is 8.79. The Morgan fingerprint density at radius 2 is 2.10 bits per heavy atom. The normalized spacial score (nSPS) is 21.9. The number of hydrogen-bond donors (Lipinski definition) is 1. The van der Waals surface area contributed by atoms with E-state index in [-0.39, 0.29) is 17.8 Å². The number of hydrogen-bond acceptors (Lipinski definition) is 4. The third-order valence-electron chi connectivity index (χ3n) is 4.06. The number of ether oxygens (including phenoxy) is 2. The van der Waals surface area contributed by atoms with Gasteiger partial charge in [-0.15, -0.1) is 12.4 Å². The lowest BCUT2D eigenvalue weighted by Crippen LogP contribution is -2.31. The predicted octanol–water partition coefficient (Wildman–Crippen LogP) is 2.69. The van der Waals surface area contributed by atoms with Crippen molar-refractivity contribution in [3.63, 3.8) is 0 Å². The molecule has 1 saturated heterocycles. The lowest BCUT2D eigenvalue weighted by Gasteiger charge is -2.22. The zero-order chi connectivity index (χ0) is 14.6. The maximum atomic E-state index is 5.86. The van der Waals surface area contributed by atoms with Crippen LogP contribution in [0.4, 0.5) is 0 Å². The van der Waals surface area contributed by atoms with Gasteiger partial charge in [0, 0.05) is 13.1 Å². The molecule has 120 valence electrons. The van der Waals surface area contributed by atoms with E-state index in [4.69, 9.17) is 15.2 Å². The molecule has 5 heteroatoms. The number of methoxy groups -OCH3 is 1. The number of nitrogens with zero attached hydrogens (tertiary/aromatic N) is 1. The van der Waals surface area contributed by atoms with Gasteiger partial charge in [-0.2, -0.15) is 0 Å². The summed E-state index contributed by atoms with van der Waals surface area (Å²) in [6.07, 6.45) is 1.18. The van der Waals surface area contributed by atoms with Crippen molar-refractivity contribution in [1.82, 2.24) is 4.90 Å². The minimum absolute atomic E-state index is 0. The summed E-state index contributed by atoms with van der Waals surface area (Å²) in [5.74, 6) is 1.62. The van der Waals surface area contributed by atoms with Crippen molar-refractivity contribution in [2.24, 2.45) is 11.1 Å². The Morgan fingerprint density at radius 1 is 1.33 bits per heavy atom. The molecule has 1 atom stereocenters. The Morgan fingerprint density at radius 3 is 2.67 bits per heavy atom. The van der Waals surface area contributed by atoms with Crippen molar-refractivity contribution in [3.8, 4) is 11.5 Å². The van der Waals surface area contributed by atoms with Gasteiger partial charge < -0.3 is 15.2 Å². The van der Waals surface area contributed by atoms with E-state index in [1.807, 2.05) is 13.0 Å². The predicted molar refractivity (Wildman–Crippen MR) is 88.5 cm³/mol. The van der Waals surface area contributed by atoms with Crippen molar-refractivity contribution >= 4 is 12.4 Å². The summed E-state index contributed by atoms with van der Waals surface area (Å²) < 4.78 is 10.9. The molecule has 0 radical (unpaired) electrons. The standard InChI is InChI=1S/C16H26N2O2.ClH/c1-4-20-15-9-13(5-6-14(15)19-3)10-18-8-7-16(2,11-17)12-18;/h5-6,9H,4,7-8,10-12,17H2,1-3H3;1H. The Kier molecular flexibility index (Phi) is 6.78. The number of nitrogens with two attached hydrogens (primary N) is 1. The van der Waals surface area contributed by atoms with E-state index < -0.39 is 0 Å². The second-order valence-corrected chi connectivity index (χ2v) is 5.89. The molecule has 1 aromatic carbocycles. The second kappa shape index (κ2) is 7.87. The van der Waals surface area contributed by atoms with Crippen molar-refractivity contribution in [3.05, 3.63) is 23.8 Å². The SMILES string of the molecule is CCOc1cc(CN2CCC(C)(CN)C2)ccc1OC.Cl. The molecule has 2 rings (SSSR count). The molecule has 1 aromatic rings. The Balaban J connectivity index is 0.00000220. The van der Waals surface area contributed by atoms with Crippen LogP contribution < -0.4 is 15.2 Å². The van der Waals surface area contributed by atoms with Gasteiger partial charge in [-0.05, 0) is 49.5 Å². The highest BCUT2D eigenvalue weighted by molar-refractivity contribution is 5.85. The Hall–Kier alpha value is -0.970. The van der Waals surface area contributed by atoms with Crippen molar-refractivity contribution in [2.45, 2.75) is 26.8 Å². The van der Waals surface area contributed by atoms with E-state index in [0.717, 1.165) is 37.7 Å². The summed E-state index contributed by atoms with van der Waals surface area (Å²) in [6, 6.07) is 6.18. The smallest absolute Gasteiger partial charge is 0.161 e. The minimum atomic E-state index is 0. The van der Waals surface area contributed by atoms with Gasteiger partial charge in [0.1, 0.15) is 0 Å². The van der Waals surface area contributed by atoms with E-state index in [1.165, 1.54) is 12.0 Å². The van der Waals surface area contributed by atoms with Gasteiger partial charge >= 0.3 is 0 Å². The average Bonchev–Trinajstić information content (AvgIpc) is 2.82. The first-order valence-corrected chi connectivity index (χ1v) is 7.32. The Bertz CT molecular complexity index is 456. The molecule has 21 heavy (non-hydrogen) atoms. The molecule has 0 aliphatic carbocycles. The zero-order valence-electron chi connectivity index (χ0n) is 13.2. The molecule has 1 fully saturated rings. The van der Waals surface area contributed by atoms with Crippen LogP contribution in [0.25, 0.3) is 0 Å². The first-order valence-electron chi connectivity index (χ1n) is 7.32. The molecular formula is C16H27ClN2O2. The molecule has 0 aromatic heterocycles. The van der Waals surface area contributed by atoms with Gasteiger partial charge in [0.25, 0.3) is 0 Å². The van der Waals surface area contributed by atoms with Gasteiger partial charge in [0.2, 0.25) is 0 Å². The van der Waals surface area contributed by atoms with Crippen LogP contribution >= 0.6 is 12.4 Å². The van der Waals surface area contributed by atoms with Crippen LogP contribution in [-0.2, 0) is 6.54 Å².